The lowest BCUT2D eigenvalue weighted by molar-refractivity contribution is 0.0935. The number of aromatic nitrogens is 2. The molecule has 2 heterocycles. The molecule has 0 aliphatic carbocycles. The third kappa shape index (κ3) is 4.21. The van der Waals surface area contributed by atoms with Gasteiger partial charge in [-0.25, -0.2) is 4.98 Å². The second-order valence-electron chi connectivity index (χ2n) is 7.01. The molecule has 0 radical (unpaired) electrons. The Morgan fingerprint density at radius 2 is 2.04 bits per heavy atom. The van der Waals surface area contributed by atoms with Crippen LogP contribution in [0.4, 0.5) is 5.69 Å². The highest BCUT2D eigenvalue weighted by Gasteiger charge is 2.27. The Balaban J connectivity index is 1.85. The quantitative estimate of drug-likeness (QED) is 0.793. The van der Waals surface area contributed by atoms with Crippen LogP contribution >= 0.6 is 0 Å². The average Bonchev–Trinajstić information content (AvgIpc) is 3.08. The van der Waals surface area contributed by atoms with Gasteiger partial charge in [-0.05, 0) is 45.5 Å². The van der Waals surface area contributed by atoms with Crippen LogP contribution < -0.4 is 10.6 Å². The van der Waals surface area contributed by atoms with E-state index in [0.717, 1.165) is 25.1 Å². The van der Waals surface area contributed by atoms with E-state index in [9.17, 15) is 14.9 Å². The minimum atomic E-state index is -0.402. The minimum Gasteiger partial charge on any atom is -0.348 e. The maximum Gasteiger partial charge on any atom is 0.287 e. The fourth-order valence-electron chi connectivity index (χ4n) is 3.24. The fourth-order valence-corrected chi connectivity index (χ4v) is 3.24. The van der Waals surface area contributed by atoms with Gasteiger partial charge in [0.25, 0.3) is 11.8 Å². The molecule has 1 aliphatic heterocycles. The van der Waals surface area contributed by atoms with Crippen molar-refractivity contribution in [2.24, 2.45) is 0 Å². The van der Waals surface area contributed by atoms with Crippen molar-refractivity contribution < 1.29 is 9.59 Å². The number of hydrogen-bond acceptors (Lipinski definition) is 5. The molecule has 1 aromatic carbocycles. The van der Waals surface area contributed by atoms with Crippen molar-refractivity contribution in [3.8, 4) is 6.07 Å². The summed E-state index contributed by atoms with van der Waals surface area (Å²) < 4.78 is 1.85. The predicted octanol–water partition coefficient (Wildman–Crippen LogP) is 1.63. The normalized spacial score (nSPS) is 12.9. The van der Waals surface area contributed by atoms with Crippen LogP contribution in [0.3, 0.4) is 0 Å². The van der Waals surface area contributed by atoms with E-state index in [0.29, 0.717) is 30.8 Å². The SMILES string of the molecule is CN(C)CCNC(=O)c1nc(C(=O)Nc2ccccc2C#N)c2n1CCCC2. The van der Waals surface area contributed by atoms with Crippen LogP contribution in [0, 0.1) is 11.3 Å². The summed E-state index contributed by atoms with van der Waals surface area (Å²) in [6, 6.07) is 8.87. The van der Waals surface area contributed by atoms with E-state index in [-0.39, 0.29) is 17.4 Å². The molecule has 3 rings (SSSR count). The molecule has 0 saturated heterocycles. The van der Waals surface area contributed by atoms with Crippen molar-refractivity contribution in [2.45, 2.75) is 25.8 Å². The highest BCUT2D eigenvalue weighted by Crippen LogP contribution is 2.23. The molecule has 28 heavy (non-hydrogen) atoms. The van der Waals surface area contributed by atoms with E-state index >= 15 is 0 Å². The molecule has 8 nitrogen and oxygen atoms in total. The molecule has 146 valence electrons. The maximum absolute atomic E-state index is 12.9. The van der Waals surface area contributed by atoms with Gasteiger partial charge in [0, 0.05) is 19.6 Å². The number of anilines is 1. The number of imidazole rings is 1. The van der Waals surface area contributed by atoms with Gasteiger partial charge in [-0.1, -0.05) is 12.1 Å². The van der Waals surface area contributed by atoms with E-state index in [1.54, 1.807) is 24.3 Å². The topological polar surface area (TPSA) is 103 Å². The number of carbonyl (C=O) groups is 2. The summed E-state index contributed by atoms with van der Waals surface area (Å²) in [6.07, 6.45) is 2.59. The first-order chi connectivity index (χ1) is 13.5. The number of hydrogen-bond donors (Lipinski definition) is 2. The van der Waals surface area contributed by atoms with Gasteiger partial charge in [-0.2, -0.15) is 5.26 Å². The Labute approximate surface area is 164 Å². The fraction of sp³-hybridized carbons (Fsp3) is 0.400. The summed E-state index contributed by atoms with van der Waals surface area (Å²) in [5, 5.41) is 14.8. The van der Waals surface area contributed by atoms with E-state index < -0.39 is 5.91 Å². The van der Waals surface area contributed by atoms with Crippen molar-refractivity contribution in [2.75, 3.05) is 32.5 Å². The van der Waals surface area contributed by atoms with Crippen LogP contribution in [0.5, 0.6) is 0 Å². The lowest BCUT2D eigenvalue weighted by Crippen LogP contribution is -2.33. The van der Waals surface area contributed by atoms with Crippen molar-refractivity contribution in [1.82, 2.24) is 19.8 Å². The lowest BCUT2D eigenvalue weighted by atomic mass is 10.1. The molecule has 0 spiro atoms. The third-order valence-corrected chi connectivity index (χ3v) is 4.68. The number of likely N-dealkylation sites (N-methyl/N-ethyl adjacent to an activating group) is 1. The number of amides is 2. The maximum atomic E-state index is 12.9. The van der Waals surface area contributed by atoms with Gasteiger partial charge in [0.2, 0.25) is 0 Å². The Morgan fingerprint density at radius 1 is 1.25 bits per heavy atom. The molecule has 1 aromatic heterocycles. The van der Waals surface area contributed by atoms with Crippen LogP contribution in [0.15, 0.2) is 24.3 Å². The number of rotatable bonds is 6. The molecule has 2 N–H and O–H groups in total. The third-order valence-electron chi connectivity index (χ3n) is 4.68. The van der Waals surface area contributed by atoms with Gasteiger partial charge in [-0.3, -0.25) is 9.59 Å². The Hall–Kier alpha value is -3.18. The largest absolute Gasteiger partial charge is 0.348 e. The monoisotopic (exact) mass is 380 g/mol. The van der Waals surface area contributed by atoms with Gasteiger partial charge in [-0.15, -0.1) is 0 Å². The zero-order chi connectivity index (χ0) is 20.1. The van der Waals surface area contributed by atoms with Gasteiger partial charge in [0.1, 0.15) is 6.07 Å². The number of nitrogens with zero attached hydrogens (tertiary/aromatic N) is 4. The van der Waals surface area contributed by atoms with E-state index in [1.165, 1.54) is 0 Å². The molecule has 2 amide bonds. The van der Waals surface area contributed by atoms with Crippen molar-refractivity contribution in [1.29, 1.82) is 5.26 Å². The molecule has 0 fully saturated rings. The first kappa shape index (κ1) is 19.6. The summed E-state index contributed by atoms with van der Waals surface area (Å²) >= 11 is 0. The molecule has 2 aromatic rings. The summed E-state index contributed by atoms with van der Waals surface area (Å²) in [7, 11) is 3.87. The predicted molar refractivity (Wildman–Crippen MR) is 105 cm³/mol. The second-order valence-corrected chi connectivity index (χ2v) is 7.01. The standard InChI is InChI=1S/C20H24N6O2/c1-25(2)12-10-22-20(28)18-24-17(16-9-5-6-11-26(16)18)19(27)23-15-8-4-3-7-14(15)13-21/h3-4,7-8H,5-6,9-12H2,1-2H3,(H,22,28)(H,23,27). The van der Waals surface area contributed by atoms with Crippen LogP contribution in [0.25, 0.3) is 0 Å². The van der Waals surface area contributed by atoms with E-state index in [1.807, 2.05) is 23.6 Å². The number of nitrogens with one attached hydrogen (secondary N) is 2. The highest BCUT2D eigenvalue weighted by atomic mass is 16.2. The Morgan fingerprint density at radius 3 is 2.79 bits per heavy atom. The molecule has 1 aliphatic rings. The van der Waals surface area contributed by atoms with E-state index in [4.69, 9.17) is 0 Å². The average molecular weight is 380 g/mol. The highest BCUT2D eigenvalue weighted by molar-refractivity contribution is 6.05. The minimum absolute atomic E-state index is 0.255. The van der Waals surface area contributed by atoms with Crippen LogP contribution in [0.2, 0.25) is 0 Å². The molecular formula is C20H24N6O2. The molecule has 0 bridgehead atoms. The zero-order valence-electron chi connectivity index (χ0n) is 16.2. The van der Waals surface area contributed by atoms with Crippen LogP contribution in [-0.2, 0) is 13.0 Å². The smallest absolute Gasteiger partial charge is 0.287 e. The second kappa shape index (κ2) is 8.67. The van der Waals surface area contributed by atoms with Gasteiger partial charge in [0.05, 0.1) is 16.9 Å². The summed E-state index contributed by atoms with van der Waals surface area (Å²) in [6.45, 7) is 1.89. The van der Waals surface area contributed by atoms with Crippen molar-refractivity contribution in [3.05, 3.63) is 47.0 Å². The Bertz CT molecular complexity index is 925. The summed E-state index contributed by atoms with van der Waals surface area (Å²) in [5.74, 6) is -0.408. The van der Waals surface area contributed by atoms with Crippen molar-refractivity contribution >= 4 is 17.5 Å². The molecule has 0 unspecified atom stereocenters. The number of carbonyl (C=O) groups excluding carboxylic acids is 2. The van der Waals surface area contributed by atoms with E-state index in [2.05, 4.69) is 21.7 Å². The van der Waals surface area contributed by atoms with Gasteiger partial charge >= 0.3 is 0 Å². The van der Waals surface area contributed by atoms with Gasteiger partial charge in [0.15, 0.2) is 11.5 Å². The first-order valence-corrected chi connectivity index (χ1v) is 9.34. The first-order valence-electron chi connectivity index (χ1n) is 9.34. The summed E-state index contributed by atoms with van der Waals surface area (Å²) in [5.41, 5.74) is 1.84. The Kier molecular flexibility index (Phi) is 6.06. The number of nitriles is 1. The number of fused-ring (bicyclic) bond motifs is 1. The molecule has 0 saturated carbocycles. The number of benzene rings is 1. The van der Waals surface area contributed by atoms with Gasteiger partial charge < -0.3 is 20.1 Å². The molecule has 0 atom stereocenters. The molecule has 8 heteroatoms. The lowest BCUT2D eigenvalue weighted by Gasteiger charge is -2.17. The van der Waals surface area contributed by atoms with Crippen LogP contribution in [-0.4, -0.2) is 53.5 Å². The van der Waals surface area contributed by atoms with Crippen molar-refractivity contribution in [3.63, 3.8) is 0 Å². The van der Waals surface area contributed by atoms with Crippen LogP contribution in [0.1, 0.15) is 45.2 Å². The zero-order valence-corrected chi connectivity index (χ0v) is 16.2. The number of para-hydroxylation sites is 1. The molecular weight excluding hydrogens is 356 g/mol. The summed E-state index contributed by atoms with van der Waals surface area (Å²) in [4.78, 5) is 31.8.